The summed E-state index contributed by atoms with van der Waals surface area (Å²) in [6.45, 7) is 6.55. The molecule has 1 heterocycles. The maximum Gasteiger partial charge on any atom is 0.300 e. The fourth-order valence-corrected chi connectivity index (χ4v) is 4.87. The first-order valence-corrected chi connectivity index (χ1v) is 12.2. The Bertz CT molecular complexity index is 1360. The number of hydrogen-bond donors (Lipinski definition) is 2. The van der Waals surface area contributed by atoms with Crippen LogP contribution < -0.4 is 10.6 Å². The van der Waals surface area contributed by atoms with Gasteiger partial charge < -0.3 is 15.1 Å². The molecule has 1 aromatic heterocycles. The lowest BCUT2D eigenvalue weighted by molar-refractivity contribution is -0.115. The van der Waals surface area contributed by atoms with E-state index in [1.54, 1.807) is 0 Å². The van der Waals surface area contributed by atoms with E-state index >= 15 is 0 Å². The minimum Gasteiger partial charge on any atom is -0.423 e. The number of rotatable bonds is 7. The van der Waals surface area contributed by atoms with Crippen molar-refractivity contribution in [2.24, 2.45) is 0 Å². The molecule has 1 aliphatic rings. The second-order valence-electron chi connectivity index (χ2n) is 9.31. The zero-order chi connectivity index (χ0) is 23.7. The number of fused-ring (bicyclic) bond motifs is 2. The first-order chi connectivity index (χ1) is 16.5. The lowest BCUT2D eigenvalue weighted by atomic mass is 9.91. The van der Waals surface area contributed by atoms with Crippen molar-refractivity contribution < 1.29 is 9.21 Å². The van der Waals surface area contributed by atoms with Gasteiger partial charge in [0.2, 0.25) is 5.91 Å². The number of anilines is 3. The molecule has 0 radical (unpaired) electrons. The van der Waals surface area contributed by atoms with E-state index in [0.29, 0.717) is 23.9 Å². The highest BCUT2D eigenvalue weighted by molar-refractivity contribution is 5.94. The number of oxazole rings is 1. The zero-order valence-corrected chi connectivity index (χ0v) is 20.1. The molecule has 0 spiro atoms. The minimum absolute atomic E-state index is 0.0116. The van der Waals surface area contributed by atoms with E-state index in [1.807, 2.05) is 49.4 Å². The van der Waals surface area contributed by atoms with Crippen LogP contribution >= 0.6 is 0 Å². The van der Waals surface area contributed by atoms with Gasteiger partial charge in [0, 0.05) is 11.4 Å². The molecule has 0 bridgehead atoms. The van der Waals surface area contributed by atoms with Crippen LogP contribution in [0, 0.1) is 6.92 Å². The van der Waals surface area contributed by atoms with E-state index in [9.17, 15) is 4.79 Å². The van der Waals surface area contributed by atoms with E-state index in [0.717, 1.165) is 53.7 Å². The van der Waals surface area contributed by atoms with Crippen LogP contribution in [0.2, 0.25) is 0 Å². The molecule has 0 saturated heterocycles. The van der Waals surface area contributed by atoms with Gasteiger partial charge in [0.15, 0.2) is 5.58 Å². The number of aromatic nitrogens is 1. The Kier molecular flexibility index (Phi) is 6.10. The highest BCUT2D eigenvalue weighted by Crippen LogP contribution is 2.36. The third-order valence-electron chi connectivity index (χ3n) is 6.94. The monoisotopic (exact) mass is 453 g/mol. The van der Waals surface area contributed by atoms with E-state index in [4.69, 9.17) is 4.42 Å². The summed E-state index contributed by atoms with van der Waals surface area (Å²) < 4.78 is 5.92. The molecular weight excluding hydrogens is 422 g/mol. The molecule has 5 nitrogen and oxygen atoms in total. The van der Waals surface area contributed by atoms with Crippen molar-refractivity contribution in [1.29, 1.82) is 0 Å². The summed E-state index contributed by atoms with van der Waals surface area (Å²) in [6, 6.07) is 18.5. The first kappa shape index (κ1) is 22.2. The van der Waals surface area contributed by atoms with E-state index in [2.05, 4.69) is 41.6 Å². The summed E-state index contributed by atoms with van der Waals surface area (Å²) >= 11 is 0. The van der Waals surface area contributed by atoms with Gasteiger partial charge in [-0.1, -0.05) is 44.2 Å². The number of amides is 1. The molecule has 34 heavy (non-hydrogen) atoms. The van der Waals surface area contributed by atoms with Crippen molar-refractivity contribution in [3.05, 3.63) is 82.4 Å². The molecule has 0 saturated carbocycles. The van der Waals surface area contributed by atoms with Crippen molar-refractivity contribution in [2.75, 3.05) is 10.6 Å². The predicted octanol–water partition coefficient (Wildman–Crippen LogP) is 7.06. The van der Waals surface area contributed by atoms with Gasteiger partial charge in [-0.05, 0) is 90.6 Å². The molecule has 5 rings (SSSR count). The minimum atomic E-state index is -0.0116. The maximum absolute atomic E-state index is 12.9. The van der Waals surface area contributed by atoms with Crippen LogP contribution in [0.3, 0.4) is 0 Å². The standard InChI is InChI=1S/C29H31N3O2/c1-4-18(2)21-13-15-25(23-10-7-9-22(21)23)30-28(33)17-20-12-14-26-27(16-20)34-29(32-26)31-24-11-6-5-8-19(24)3/h5-6,8,11-16,18H,4,7,9-10,17H2,1-3H3,(H,30,33)(H,31,32). The smallest absolute Gasteiger partial charge is 0.300 e. The Hall–Kier alpha value is -3.60. The van der Waals surface area contributed by atoms with Gasteiger partial charge in [-0.25, -0.2) is 0 Å². The molecule has 2 N–H and O–H groups in total. The van der Waals surface area contributed by atoms with Gasteiger partial charge >= 0.3 is 0 Å². The number of nitrogens with zero attached hydrogens (tertiary/aromatic N) is 1. The van der Waals surface area contributed by atoms with E-state index in [1.165, 1.54) is 16.7 Å². The third-order valence-corrected chi connectivity index (χ3v) is 6.94. The summed E-state index contributed by atoms with van der Waals surface area (Å²) in [4.78, 5) is 17.4. The predicted molar refractivity (Wildman–Crippen MR) is 138 cm³/mol. The van der Waals surface area contributed by atoms with Gasteiger partial charge in [0.1, 0.15) is 5.52 Å². The summed E-state index contributed by atoms with van der Waals surface area (Å²) in [7, 11) is 0. The molecule has 1 unspecified atom stereocenters. The second kappa shape index (κ2) is 9.34. The summed E-state index contributed by atoms with van der Waals surface area (Å²) in [5.74, 6) is 0.540. The molecule has 5 heteroatoms. The Labute approximate surface area is 200 Å². The van der Waals surface area contributed by atoms with Gasteiger partial charge in [0.05, 0.1) is 6.42 Å². The Balaban J connectivity index is 1.30. The van der Waals surface area contributed by atoms with Crippen LogP contribution in [0.4, 0.5) is 17.4 Å². The molecule has 0 fully saturated rings. The van der Waals surface area contributed by atoms with Crippen LogP contribution in [0.5, 0.6) is 0 Å². The average molecular weight is 454 g/mol. The van der Waals surface area contributed by atoms with Gasteiger partial charge in [-0.15, -0.1) is 0 Å². The quantitative estimate of drug-likeness (QED) is 0.314. The molecule has 1 aliphatic carbocycles. The fraction of sp³-hybridized carbons (Fsp3) is 0.310. The van der Waals surface area contributed by atoms with Crippen LogP contribution in [0.25, 0.3) is 11.1 Å². The lowest BCUT2D eigenvalue weighted by Crippen LogP contribution is -2.16. The van der Waals surface area contributed by atoms with Crippen molar-refractivity contribution in [2.45, 2.75) is 58.8 Å². The lowest BCUT2D eigenvalue weighted by Gasteiger charge is -2.18. The summed E-state index contributed by atoms with van der Waals surface area (Å²) in [5, 5.41) is 6.41. The normalized spacial score (nSPS) is 13.6. The number of para-hydroxylation sites is 1. The van der Waals surface area contributed by atoms with Gasteiger partial charge in [-0.3, -0.25) is 4.79 Å². The van der Waals surface area contributed by atoms with Crippen LogP contribution in [-0.2, 0) is 24.1 Å². The molecule has 1 atom stereocenters. The van der Waals surface area contributed by atoms with Crippen LogP contribution in [-0.4, -0.2) is 10.9 Å². The van der Waals surface area contributed by atoms with Crippen molar-refractivity contribution in [3.63, 3.8) is 0 Å². The summed E-state index contributed by atoms with van der Waals surface area (Å²) in [6.07, 6.45) is 4.73. The van der Waals surface area contributed by atoms with Crippen molar-refractivity contribution in [1.82, 2.24) is 4.98 Å². The highest BCUT2D eigenvalue weighted by atomic mass is 16.4. The number of aryl methyl sites for hydroxylation is 1. The Morgan fingerprint density at radius 1 is 1.06 bits per heavy atom. The zero-order valence-electron chi connectivity index (χ0n) is 20.1. The van der Waals surface area contributed by atoms with Crippen molar-refractivity contribution in [3.8, 4) is 0 Å². The number of hydrogen-bond acceptors (Lipinski definition) is 4. The van der Waals surface area contributed by atoms with Gasteiger partial charge in [-0.2, -0.15) is 4.98 Å². The van der Waals surface area contributed by atoms with E-state index in [-0.39, 0.29) is 5.91 Å². The molecule has 1 amide bonds. The number of carbonyl (C=O) groups excluding carboxylic acids is 1. The number of nitrogens with one attached hydrogen (secondary N) is 2. The molecule has 174 valence electrons. The molecule has 4 aromatic rings. The van der Waals surface area contributed by atoms with Crippen LogP contribution in [0.15, 0.2) is 59.0 Å². The van der Waals surface area contributed by atoms with E-state index < -0.39 is 0 Å². The largest absolute Gasteiger partial charge is 0.423 e. The molecule has 3 aromatic carbocycles. The number of carbonyl (C=O) groups is 1. The molecule has 0 aliphatic heterocycles. The highest BCUT2D eigenvalue weighted by Gasteiger charge is 2.21. The van der Waals surface area contributed by atoms with Crippen molar-refractivity contribution >= 4 is 34.4 Å². The maximum atomic E-state index is 12.9. The van der Waals surface area contributed by atoms with Crippen LogP contribution in [0.1, 0.15) is 60.4 Å². The topological polar surface area (TPSA) is 67.2 Å². The molecular formula is C29H31N3O2. The fourth-order valence-electron chi connectivity index (χ4n) is 4.87. The Morgan fingerprint density at radius 2 is 1.88 bits per heavy atom. The Morgan fingerprint density at radius 3 is 2.71 bits per heavy atom. The third kappa shape index (κ3) is 4.43. The van der Waals surface area contributed by atoms with Gasteiger partial charge in [0.25, 0.3) is 6.01 Å². The first-order valence-electron chi connectivity index (χ1n) is 12.2. The SMILES string of the molecule is CCC(C)c1ccc(NC(=O)Cc2ccc3nc(Nc4ccccc4C)oc3c2)c2c1CCC2. The summed E-state index contributed by atoms with van der Waals surface area (Å²) in [5.41, 5.74) is 9.59. The average Bonchev–Trinajstić information content (AvgIpc) is 3.47. The second-order valence-corrected chi connectivity index (χ2v) is 9.31. The number of benzene rings is 3.